The van der Waals surface area contributed by atoms with Crippen LogP contribution in [0.4, 0.5) is 10.8 Å². The van der Waals surface area contributed by atoms with Crippen LogP contribution in [0.2, 0.25) is 0 Å². The van der Waals surface area contributed by atoms with E-state index in [0.29, 0.717) is 4.83 Å². The zero-order chi connectivity index (χ0) is 14.3. The molecule has 0 saturated carbocycles. The number of aromatic nitrogens is 2. The van der Waals surface area contributed by atoms with Gasteiger partial charge in [0.1, 0.15) is 17.0 Å². The first kappa shape index (κ1) is 13.2. The largest absolute Gasteiger partial charge is 0.353 e. The number of hydrogen-bond donors (Lipinski definition) is 1. The molecule has 1 N–H and O–H groups in total. The standard InChI is InChI=1S/C12H15N5O2S/c1-12(2)6-16(4-3-15-12)10-8-5-9(17(18)19)20-11(8)14-7-13-10/h5,7,15H,3-4,6H2,1-2H3. The van der Waals surface area contributed by atoms with Gasteiger partial charge in [-0.2, -0.15) is 0 Å². The molecule has 0 bridgehead atoms. The number of nitrogens with zero attached hydrogens (tertiary/aromatic N) is 4. The lowest BCUT2D eigenvalue weighted by Crippen LogP contribution is -2.57. The molecular formula is C12H15N5O2S. The van der Waals surface area contributed by atoms with Crippen molar-refractivity contribution in [2.24, 2.45) is 0 Å². The summed E-state index contributed by atoms with van der Waals surface area (Å²) in [7, 11) is 0. The van der Waals surface area contributed by atoms with Crippen LogP contribution in [-0.4, -0.2) is 40.1 Å². The van der Waals surface area contributed by atoms with Crippen LogP contribution < -0.4 is 10.2 Å². The van der Waals surface area contributed by atoms with E-state index in [1.54, 1.807) is 6.07 Å². The van der Waals surface area contributed by atoms with Crippen LogP contribution in [0.1, 0.15) is 13.8 Å². The number of rotatable bonds is 2. The van der Waals surface area contributed by atoms with Crippen molar-refractivity contribution >= 4 is 32.4 Å². The second-order valence-electron chi connectivity index (χ2n) is 5.49. The van der Waals surface area contributed by atoms with Crippen molar-refractivity contribution in [2.75, 3.05) is 24.5 Å². The number of fused-ring (bicyclic) bond motifs is 1. The molecule has 1 saturated heterocycles. The summed E-state index contributed by atoms with van der Waals surface area (Å²) in [5.41, 5.74) is -0.00250. The van der Waals surface area contributed by atoms with Crippen LogP contribution >= 0.6 is 11.3 Å². The Labute approximate surface area is 119 Å². The zero-order valence-electron chi connectivity index (χ0n) is 11.3. The van der Waals surface area contributed by atoms with Crippen LogP contribution in [0.15, 0.2) is 12.4 Å². The lowest BCUT2D eigenvalue weighted by Gasteiger charge is -2.39. The molecule has 0 aliphatic carbocycles. The van der Waals surface area contributed by atoms with Gasteiger partial charge in [-0.25, -0.2) is 9.97 Å². The molecule has 0 radical (unpaired) electrons. The smallest absolute Gasteiger partial charge is 0.326 e. The second kappa shape index (κ2) is 4.64. The molecule has 3 rings (SSSR count). The first-order valence-electron chi connectivity index (χ1n) is 6.35. The van der Waals surface area contributed by atoms with Gasteiger partial charge in [-0.1, -0.05) is 0 Å². The molecule has 20 heavy (non-hydrogen) atoms. The molecule has 106 valence electrons. The number of piperazine rings is 1. The highest BCUT2D eigenvalue weighted by molar-refractivity contribution is 7.21. The maximum atomic E-state index is 10.9. The first-order chi connectivity index (χ1) is 9.46. The first-order valence-corrected chi connectivity index (χ1v) is 7.17. The Balaban J connectivity index is 2.04. The van der Waals surface area contributed by atoms with E-state index in [4.69, 9.17) is 0 Å². The average Bonchev–Trinajstić information content (AvgIpc) is 2.81. The van der Waals surface area contributed by atoms with Crippen LogP contribution in [0, 0.1) is 10.1 Å². The molecule has 0 aromatic carbocycles. The van der Waals surface area contributed by atoms with Gasteiger partial charge in [0.05, 0.1) is 10.3 Å². The minimum absolute atomic E-state index is 0.00250. The molecule has 2 aromatic heterocycles. The van der Waals surface area contributed by atoms with E-state index in [0.717, 1.165) is 42.2 Å². The third-order valence-electron chi connectivity index (χ3n) is 3.35. The van der Waals surface area contributed by atoms with Gasteiger partial charge in [-0.15, -0.1) is 0 Å². The maximum absolute atomic E-state index is 10.9. The highest BCUT2D eigenvalue weighted by atomic mass is 32.1. The fourth-order valence-corrected chi connectivity index (χ4v) is 3.30. The number of nitro groups is 1. The second-order valence-corrected chi connectivity index (χ2v) is 6.50. The summed E-state index contributed by atoms with van der Waals surface area (Å²) >= 11 is 1.09. The molecule has 3 heterocycles. The van der Waals surface area contributed by atoms with Crippen molar-refractivity contribution in [1.82, 2.24) is 15.3 Å². The van der Waals surface area contributed by atoms with Gasteiger partial charge in [0.2, 0.25) is 0 Å². The summed E-state index contributed by atoms with van der Waals surface area (Å²) in [6.45, 7) is 6.77. The highest BCUT2D eigenvalue weighted by Crippen LogP contribution is 2.35. The summed E-state index contributed by atoms with van der Waals surface area (Å²) in [4.78, 5) is 21.8. The third-order valence-corrected chi connectivity index (χ3v) is 4.34. The molecule has 8 heteroatoms. The topological polar surface area (TPSA) is 84.2 Å². The molecule has 0 atom stereocenters. The highest BCUT2D eigenvalue weighted by Gasteiger charge is 2.28. The Bertz CT molecular complexity index is 669. The Morgan fingerprint density at radius 1 is 1.50 bits per heavy atom. The van der Waals surface area contributed by atoms with Gasteiger partial charge in [0, 0.05) is 31.2 Å². The molecule has 7 nitrogen and oxygen atoms in total. The van der Waals surface area contributed by atoms with E-state index in [2.05, 4.69) is 34.0 Å². The van der Waals surface area contributed by atoms with Crippen molar-refractivity contribution in [2.45, 2.75) is 19.4 Å². The van der Waals surface area contributed by atoms with Gasteiger partial charge in [0.25, 0.3) is 0 Å². The van der Waals surface area contributed by atoms with Gasteiger partial charge >= 0.3 is 5.00 Å². The zero-order valence-corrected chi connectivity index (χ0v) is 12.1. The number of nitrogens with one attached hydrogen (secondary N) is 1. The maximum Gasteiger partial charge on any atom is 0.326 e. The fraction of sp³-hybridized carbons (Fsp3) is 0.500. The summed E-state index contributed by atoms with van der Waals surface area (Å²) in [6, 6.07) is 1.57. The molecular weight excluding hydrogens is 278 g/mol. The molecule has 1 aliphatic rings. The monoisotopic (exact) mass is 293 g/mol. The van der Waals surface area contributed by atoms with E-state index < -0.39 is 0 Å². The summed E-state index contributed by atoms with van der Waals surface area (Å²) in [5, 5.41) is 15.2. The van der Waals surface area contributed by atoms with Gasteiger partial charge < -0.3 is 10.2 Å². The van der Waals surface area contributed by atoms with E-state index >= 15 is 0 Å². The van der Waals surface area contributed by atoms with E-state index in [1.165, 1.54) is 6.33 Å². The van der Waals surface area contributed by atoms with Crippen molar-refractivity contribution < 1.29 is 4.92 Å². The van der Waals surface area contributed by atoms with Crippen LogP contribution in [0.3, 0.4) is 0 Å². The number of hydrogen-bond acceptors (Lipinski definition) is 7. The Hall–Kier alpha value is -1.80. The number of anilines is 1. The minimum atomic E-state index is -0.377. The predicted molar refractivity (Wildman–Crippen MR) is 78.4 cm³/mol. The third kappa shape index (κ3) is 2.32. The summed E-state index contributed by atoms with van der Waals surface area (Å²) in [5.74, 6) is 0.786. The van der Waals surface area contributed by atoms with Crippen LogP contribution in [0.5, 0.6) is 0 Å². The SMILES string of the molecule is CC1(C)CN(c2ncnc3sc([N+](=O)[O-])cc23)CCN1. The predicted octanol–water partition coefficient (Wildman–Crippen LogP) is 1.79. The molecule has 0 spiro atoms. The van der Waals surface area contributed by atoms with E-state index in [9.17, 15) is 10.1 Å². The fourth-order valence-electron chi connectivity index (χ4n) is 2.49. The van der Waals surface area contributed by atoms with E-state index in [-0.39, 0.29) is 15.5 Å². The van der Waals surface area contributed by atoms with Gasteiger partial charge in [0.15, 0.2) is 0 Å². The molecule has 1 aliphatic heterocycles. The van der Waals surface area contributed by atoms with Crippen molar-refractivity contribution in [1.29, 1.82) is 0 Å². The quantitative estimate of drug-likeness (QED) is 0.671. The van der Waals surface area contributed by atoms with Gasteiger partial charge in [-0.05, 0) is 25.2 Å². The molecule has 1 fully saturated rings. The van der Waals surface area contributed by atoms with Crippen molar-refractivity contribution in [3.05, 3.63) is 22.5 Å². The number of thiophene rings is 1. The van der Waals surface area contributed by atoms with Crippen molar-refractivity contribution in [3.63, 3.8) is 0 Å². The summed E-state index contributed by atoms with van der Waals surface area (Å²) in [6.07, 6.45) is 1.48. The molecule has 0 unspecified atom stereocenters. The van der Waals surface area contributed by atoms with Crippen LogP contribution in [0.25, 0.3) is 10.2 Å². The van der Waals surface area contributed by atoms with E-state index in [1.807, 2.05) is 0 Å². The lowest BCUT2D eigenvalue weighted by atomic mass is 10.0. The summed E-state index contributed by atoms with van der Waals surface area (Å²) < 4.78 is 0. The Kier molecular flexibility index (Phi) is 3.06. The minimum Gasteiger partial charge on any atom is -0.353 e. The molecule has 0 amide bonds. The Morgan fingerprint density at radius 2 is 2.30 bits per heavy atom. The lowest BCUT2D eigenvalue weighted by molar-refractivity contribution is -0.380. The van der Waals surface area contributed by atoms with Gasteiger partial charge in [-0.3, -0.25) is 10.1 Å². The average molecular weight is 293 g/mol. The Morgan fingerprint density at radius 3 is 3.00 bits per heavy atom. The van der Waals surface area contributed by atoms with Crippen LogP contribution in [-0.2, 0) is 0 Å². The van der Waals surface area contributed by atoms with Crippen molar-refractivity contribution in [3.8, 4) is 0 Å². The normalized spacial score (nSPS) is 18.4. The molecule has 2 aromatic rings.